The maximum atomic E-state index is 9.92. The van der Waals surface area contributed by atoms with Gasteiger partial charge in [0.1, 0.15) is 18.5 Å². The van der Waals surface area contributed by atoms with E-state index in [0.29, 0.717) is 13.2 Å². The Morgan fingerprint density at radius 3 is 2.48 bits per heavy atom. The molecule has 0 saturated carbocycles. The minimum atomic E-state index is -0.518. The van der Waals surface area contributed by atoms with Gasteiger partial charge in [-0.05, 0) is 37.1 Å². The third kappa shape index (κ3) is 5.21. The van der Waals surface area contributed by atoms with Crippen molar-refractivity contribution in [3.8, 4) is 5.75 Å². The van der Waals surface area contributed by atoms with E-state index >= 15 is 0 Å². The molecule has 0 bridgehead atoms. The van der Waals surface area contributed by atoms with Gasteiger partial charge < -0.3 is 15.2 Å². The minimum absolute atomic E-state index is 0.295. The molecule has 0 heterocycles. The molecule has 112 valence electrons. The fourth-order valence-electron chi connectivity index (χ4n) is 2.07. The molecule has 2 aromatic rings. The van der Waals surface area contributed by atoms with Crippen LogP contribution >= 0.6 is 0 Å². The van der Waals surface area contributed by atoms with Crippen LogP contribution in [0.25, 0.3) is 0 Å². The van der Waals surface area contributed by atoms with E-state index in [1.807, 2.05) is 43.3 Å². The quantitative estimate of drug-likeness (QED) is 0.822. The average molecular weight is 285 g/mol. The summed E-state index contributed by atoms with van der Waals surface area (Å²) in [6.07, 6.45) is -0.518. The maximum Gasteiger partial charge on any atom is 0.119 e. The van der Waals surface area contributed by atoms with Crippen LogP contribution in [0.4, 0.5) is 0 Å². The second kappa shape index (κ2) is 7.81. The van der Waals surface area contributed by atoms with Crippen molar-refractivity contribution < 1.29 is 9.84 Å². The molecule has 1 unspecified atom stereocenters. The Hall–Kier alpha value is -1.84. The number of ether oxygens (including phenoxy) is 1. The molecular formula is C18H23NO2. The second-order valence-corrected chi connectivity index (χ2v) is 5.34. The fourth-order valence-corrected chi connectivity index (χ4v) is 2.07. The van der Waals surface area contributed by atoms with Gasteiger partial charge in [0.05, 0.1) is 0 Å². The Morgan fingerprint density at radius 2 is 1.76 bits per heavy atom. The smallest absolute Gasteiger partial charge is 0.119 e. The number of rotatable bonds is 7. The number of aliphatic hydroxyl groups excluding tert-OH is 1. The van der Waals surface area contributed by atoms with E-state index < -0.39 is 6.10 Å². The Kier molecular flexibility index (Phi) is 5.78. The van der Waals surface area contributed by atoms with Crippen molar-refractivity contribution in [3.63, 3.8) is 0 Å². The van der Waals surface area contributed by atoms with Crippen LogP contribution in [0.3, 0.4) is 0 Å². The van der Waals surface area contributed by atoms with Gasteiger partial charge in [0.15, 0.2) is 0 Å². The topological polar surface area (TPSA) is 41.5 Å². The standard InChI is InChI=1S/C18H23NO2/c1-14-7-9-18(10-8-14)21-13-17(20)12-19-11-16-6-4-3-5-15(16)2/h3-10,17,19-20H,11-13H2,1-2H3. The number of hydrogen-bond acceptors (Lipinski definition) is 3. The Morgan fingerprint density at radius 1 is 1.05 bits per heavy atom. The van der Waals surface area contributed by atoms with Gasteiger partial charge in [0.25, 0.3) is 0 Å². The first-order valence-corrected chi connectivity index (χ1v) is 7.28. The summed E-state index contributed by atoms with van der Waals surface area (Å²) in [6.45, 7) is 5.69. The van der Waals surface area contributed by atoms with Gasteiger partial charge in [-0.3, -0.25) is 0 Å². The van der Waals surface area contributed by atoms with Crippen LogP contribution in [-0.4, -0.2) is 24.4 Å². The van der Waals surface area contributed by atoms with Crippen LogP contribution in [0.5, 0.6) is 5.75 Å². The second-order valence-electron chi connectivity index (χ2n) is 5.34. The molecule has 2 N–H and O–H groups in total. The van der Waals surface area contributed by atoms with E-state index in [4.69, 9.17) is 4.74 Å². The predicted molar refractivity (Wildman–Crippen MR) is 85.6 cm³/mol. The minimum Gasteiger partial charge on any atom is -0.491 e. The highest BCUT2D eigenvalue weighted by Crippen LogP contribution is 2.11. The van der Waals surface area contributed by atoms with Gasteiger partial charge in [0, 0.05) is 13.1 Å². The molecule has 0 fully saturated rings. The molecule has 0 aliphatic heterocycles. The van der Waals surface area contributed by atoms with Crippen molar-refractivity contribution in [3.05, 3.63) is 65.2 Å². The molecule has 1 atom stereocenters. The van der Waals surface area contributed by atoms with Crippen molar-refractivity contribution in [2.45, 2.75) is 26.5 Å². The van der Waals surface area contributed by atoms with E-state index in [1.165, 1.54) is 16.7 Å². The third-order valence-corrected chi connectivity index (χ3v) is 3.42. The van der Waals surface area contributed by atoms with Crippen molar-refractivity contribution in [1.82, 2.24) is 5.32 Å². The number of benzene rings is 2. The average Bonchev–Trinajstić information content (AvgIpc) is 2.49. The van der Waals surface area contributed by atoms with Gasteiger partial charge in [-0.15, -0.1) is 0 Å². The van der Waals surface area contributed by atoms with Crippen molar-refractivity contribution in [1.29, 1.82) is 0 Å². The van der Waals surface area contributed by atoms with Gasteiger partial charge in [-0.25, -0.2) is 0 Å². The molecular weight excluding hydrogens is 262 g/mol. The molecule has 0 aliphatic carbocycles. The molecule has 0 saturated heterocycles. The van der Waals surface area contributed by atoms with Gasteiger partial charge in [-0.1, -0.05) is 42.0 Å². The number of aliphatic hydroxyl groups is 1. The lowest BCUT2D eigenvalue weighted by atomic mass is 10.1. The number of hydrogen-bond donors (Lipinski definition) is 2. The summed E-state index contributed by atoms with van der Waals surface area (Å²) in [5.41, 5.74) is 3.71. The third-order valence-electron chi connectivity index (χ3n) is 3.42. The van der Waals surface area contributed by atoms with E-state index in [2.05, 4.69) is 24.4 Å². The summed E-state index contributed by atoms with van der Waals surface area (Å²) >= 11 is 0. The van der Waals surface area contributed by atoms with Crippen molar-refractivity contribution in [2.24, 2.45) is 0 Å². The molecule has 3 heteroatoms. The van der Waals surface area contributed by atoms with Crippen LogP contribution < -0.4 is 10.1 Å². The highest BCUT2D eigenvalue weighted by Gasteiger charge is 2.05. The van der Waals surface area contributed by atoms with E-state index in [0.717, 1.165) is 12.3 Å². The normalized spacial score (nSPS) is 12.1. The highest BCUT2D eigenvalue weighted by atomic mass is 16.5. The zero-order valence-corrected chi connectivity index (χ0v) is 12.7. The summed E-state index contributed by atoms with van der Waals surface area (Å²) in [6, 6.07) is 16.1. The maximum absolute atomic E-state index is 9.92. The summed E-state index contributed by atoms with van der Waals surface area (Å²) in [4.78, 5) is 0. The lowest BCUT2D eigenvalue weighted by molar-refractivity contribution is 0.106. The fraction of sp³-hybridized carbons (Fsp3) is 0.333. The molecule has 0 aromatic heterocycles. The van der Waals surface area contributed by atoms with Crippen molar-refractivity contribution >= 4 is 0 Å². The Bertz CT molecular complexity index is 551. The highest BCUT2D eigenvalue weighted by molar-refractivity contribution is 5.26. The van der Waals surface area contributed by atoms with Crippen LogP contribution in [0.2, 0.25) is 0 Å². The van der Waals surface area contributed by atoms with Gasteiger partial charge >= 0.3 is 0 Å². The van der Waals surface area contributed by atoms with Crippen LogP contribution in [0.15, 0.2) is 48.5 Å². The molecule has 2 aromatic carbocycles. The summed E-state index contributed by atoms with van der Waals surface area (Å²) in [7, 11) is 0. The zero-order chi connectivity index (χ0) is 15.1. The lowest BCUT2D eigenvalue weighted by Crippen LogP contribution is -2.31. The van der Waals surface area contributed by atoms with Crippen molar-refractivity contribution in [2.75, 3.05) is 13.2 Å². The lowest BCUT2D eigenvalue weighted by Gasteiger charge is -2.14. The molecule has 21 heavy (non-hydrogen) atoms. The first-order chi connectivity index (χ1) is 10.1. The first kappa shape index (κ1) is 15.5. The van der Waals surface area contributed by atoms with Crippen LogP contribution in [0, 0.1) is 13.8 Å². The molecule has 0 spiro atoms. The molecule has 0 amide bonds. The SMILES string of the molecule is Cc1ccc(OCC(O)CNCc2ccccc2C)cc1. The largest absolute Gasteiger partial charge is 0.491 e. The van der Waals surface area contributed by atoms with E-state index in [9.17, 15) is 5.11 Å². The predicted octanol–water partition coefficient (Wildman–Crippen LogP) is 2.83. The monoisotopic (exact) mass is 285 g/mol. The zero-order valence-electron chi connectivity index (χ0n) is 12.7. The molecule has 0 radical (unpaired) electrons. The van der Waals surface area contributed by atoms with E-state index in [-0.39, 0.29) is 0 Å². The molecule has 2 rings (SSSR count). The Balaban J connectivity index is 1.69. The first-order valence-electron chi connectivity index (χ1n) is 7.28. The number of aryl methyl sites for hydroxylation is 2. The summed E-state index contributed by atoms with van der Waals surface area (Å²) < 4.78 is 5.56. The summed E-state index contributed by atoms with van der Waals surface area (Å²) in [5.74, 6) is 0.790. The molecule has 0 aliphatic rings. The van der Waals surface area contributed by atoms with Crippen LogP contribution in [-0.2, 0) is 6.54 Å². The van der Waals surface area contributed by atoms with Gasteiger partial charge in [0.2, 0.25) is 0 Å². The Labute approximate surface area is 126 Å². The number of nitrogens with one attached hydrogen (secondary N) is 1. The molecule has 3 nitrogen and oxygen atoms in total. The van der Waals surface area contributed by atoms with Gasteiger partial charge in [-0.2, -0.15) is 0 Å². The van der Waals surface area contributed by atoms with Crippen LogP contribution in [0.1, 0.15) is 16.7 Å². The van der Waals surface area contributed by atoms with E-state index in [1.54, 1.807) is 0 Å². The summed E-state index contributed by atoms with van der Waals surface area (Å²) in [5, 5.41) is 13.2.